The number of rotatable bonds is 11. The van der Waals surface area contributed by atoms with Crippen molar-refractivity contribution in [2.24, 2.45) is 0 Å². The van der Waals surface area contributed by atoms with Gasteiger partial charge < -0.3 is 15.0 Å². The summed E-state index contributed by atoms with van der Waals surface area (Å²) in [6.07, 6.45) is 4.79. The van der Waals surface area contributed by atoms with E-state index in [9.17, 15) is 22.8 Å². The molecule has 1 heterocycles. The van der Waals surface area contributed by atoms with Gasteiger partial charge in [-0.3, -0.25) is 9.59 Å². The van der Waals surface area contributed by atoms with Gasteiger partial charge in [0, 0.05) is 11.4 Å². The smallest absolute Gasteiger partial charge is 0.408 e. The number of nitrogens with one attached hydrogen (secondary N) is 1. The van der Waals surface area contributed by atoms with Crippen LogP contribution in [-0.2, 0) is 25.9 Å². The third-order valence-electron chi connectivity index (χ3n) is 6.63. The number of hydrogen-bond donors (Lipinski definition) is 1. The third-order valence-corrected chi connectivity index (χ3v) is 8.65. The first kappa shape index (κ1) is 32.5. The predicted octanol–water partition coefficient (Wildman–Crippen LogP) is 6.63. The molecule has 2 aromatic carbocycles. The number of halogens is 2. The zero-order chi connectivity index (χ0) is 30.4. The standard InChI is InChI=1S/C30H38ClFN2O6S/c1-5-6-7-8-9-10-11-26(35)22-16-25-27(17-23(22)32)41(38,39)19-24(33-29(37)40-30(2,3)4)28(36)34(25)18-20-12-14-21(31)15-13-20/h12-17,24H,5-11,18-19H2,1-4H3,(H,33,37)/t24-/m0/s1. The predicted molar refractivity (Wildman–Crippen MR) is 157 cm³/mol. The molecular weight excluding hydrogens is 571 g/mol. The first-order valence-electron chi connectivity index (χ1n) is 13.9. The van der Waals surface area contributed by atoms with Crippen molar-refractivity contribution < 1.29 is 31.9 Å². The molecule has 0 aromatic heterocycles. The van der Waals surface area contributed by atoms with Gasteiger partial charge in [-0.2, -0.15) is 0 Å². The van der Waals surface area contributed by atoms with Gasteiger partial charge in [-0.25, -0.2) is 17.6 Å². The number of amides is 2. The van der Waals surface area contributed by atoms with Gasteiger partial charge in [0.05, 0.1) is 28.4 Å². The summed E-state index contributed by atoms with van der Waals surface area (Å²) in [6, 6.07) is 7.00. The molecule has 2 amide bonds. The van der Waals surface area contributed by atoms with E-state index in [1.165, 1.54) is 0 Å². The Kier molecular flexibility index (Phi) is 10.9. The fraction of sp³-hybridized carbons (Fsp3) is 0.500. The summed E-state index contributed by atoms with van der Waals surface area (Å²) in [4.78, 5) is 40.1. The Bertz CT molecular complexity index is 1370. The highest BCUT2D eigenvalue weighted by Gasteiger charge is 2.40. The quantitative estimate of drug-likeness (QED) is 0.227. The van der Waals surface area contributed by atoms with Crippen molar-refractivity contribution >= 4 is 44.9 Å². The lowest BCUT2D eigenvalue weighted by molar-refractivity contribution is -0.120. The maximum absolute atomic E-state index is 15.3. The summed E-state index contributed by atoms with van der Waals surface area (Å²) in [5.41, 5.74) is -0.684. The first-order valence-corrected chi connectivity index (χ1v) is 15.9. The molecular formula is C30H38ClFN2O6S. The minimum absolute atomic E-state index is 0.0997. The molecule has 1 aliphatic rings. The SMILES string of the molecule is CCCCCCCCC(=O)c1cc2c(cc1F)S(=O)(=O)C[C@H](NC(=O)OC(C)(C)C)C(=O)N2Cc1ccc(Cl)cc1. The van der Waals surface area contributed by atoms with Crippen LogP contribution >= 0.6 is 11.6 Å². The van der Waals surface area contributed by atoms with Crippen LogP contribution in [0.3, 0.4) is 0 Å². The molecule has 224 valence electrons. The summed E-state index contributed by atoms with van der Waals surface area (Å²) in [6.45, 7) is 6.90. The second-order valence-corrected chi connectivity index (χ2v) is 13.7. The van der Waals surface area contributed by atoms with Crippen LogP contribution in [0.4, 0.5) is 14.9 Å². The number of unbranched alkanes of at least 4 members (excludes halogenated alkanes) is 5. The van der Waals surface area contributed by atoms with Crippen LogP contribution in [0, 0.1) is 5.82 Å². The summed E-state index contributed by atoms with van der Waals surface area (Å²) in [5.74, 6) is -2.99. The molecule has 0 aliphatic carbocycles. The highest BCUT2D eigenvalue weighted by molar-refractivity contribution is 7.91. The van der Waals surface area contributed by atoms with Gasteiger partial charge in [0.15, 0.2) is 15.6 Å². The fourth-order valence-electron chi connectivity index (χ4n) is 4.59. The van der Waals surface area contributed by atoms with Gasteiger partial charge in [0.25, 0.3) is 5.91 Å². The van der Waals surface area contributed by atoms with Gasteiger partial charge in [0.2, 0.25) is 0 Å². The van der Waals surface area contributed by atoms with E-state index in [4.69, 9.17) is 16.3 Å². The minimum Gasteiger partial charge on any atom is -0.444 e. The molecule has 1 aliphatic heterocycles. The molecule has 3 rings (SSSR count). The van der Waals surface area contributed by atoms with Crippen molar-refractivity contribution in [2.75, 3.05) is 10.7 Å². The molecule has 8 nitrogen and oxygen atoms in total. The topological polar surface area (TPSA) is 110 Å². The number of ether oxygens (including phenoxy) is 1. The number of benzene rings is 2. The molecule has 0 saturated carbocycles. The molecule has 0 spiro atoms. The van der Waals surface area contributed by atoms with Gasteiger partial charge >= 0.3 is 6.09 Å². The number of carbonyl (C=O) groups is 3. The van der Waals surface area contributed by atoms with Crippen molar-refractivity contribution in [1.29, 1.82) is 0 Å². The minimum atomic E-state index is -4.28. The Morgan fingerprint density at radius 3 is 2.34 bits per heavy atom. The molecule has 0 saturated heterocycles. The van der Waals surface area contributed by atoms with Crippen LogP contribution in [-0.4, -0.2) is 43.6 Å². The summed E-state index contributed by atoms with van der Waals surface area (Å²) in [7, 11) is -4.28. The van der Waals surface area contributed by atoms with Gasteiger partial charge in [0.1, 0.15) is 17.5 Å². The average molecular weight is 609 g/mol. The summed E-state index contributed by atoms with van der Waals surface area (Å²) < 4.78 is 47.4. The number of alkyl carbamates (subject to hydrolysis) is 1. The van der Waals surface area contributed by atoms with Crippen LogP contribution in [0.15, 0.2) is 41.3 Å². The molecule has 0 fully saturated rings. The molecule has 41 heavy (non-hydrogen) atoms. The Hall–Kier alpha value is -2.98. The highest BCUT2D eigenvalue weighted by Crippen LogP contribution is 2.35. The number of ketones is 1. The van der Waals surface area contributed by atoms with Crippen LogP contribution < -0.4 is 10.2 Å². The zero-order valence-corrected chi connectivity index (χ0v) is 25.5. The second kappa shape index (κ2) is 13.8. The number of sulfone groups is 1. The number of anilines is 1. The molecule has 1 N–H and O–H groups in total. The Morgan fingerprint density at radius 2 is 1.71 bits per heavy atom. The monoisotopic (exact) mass is 608 g/mol. The van der Waals surface area contributed by atoms with E-state index < -0.39 is 55.7 Å². The lowest BCUT2D eigenvalue weighted by Gasteiger charge is -2.27. The number of carbonyl (C=O) groups excluding carboxylic acids is 3. The highest BCUT2D eigenvalue weighted by atomic mass is 35.5. The second-order valence-electron chi connectivity index (χ2n) is 11.3. The van der Waals surface area contributed by atoms with Crippen LogP contribution in [0.5, 0.6) is 0 Å². The van der Waals surface area contributed by atoms with E-state index in [1.54, 1.807) is 45.0 Å². The number of hydrogen-bond acceptors (Lipinski definition) is 6. The number of nitrogens with zero attached hydrogens (tertiary/aromatic N) is 1. The number of Topliss-reactive ketones (excluding diaryl/α,β-unsaturated/α-hetero) is 1. The molecule has 2 aromatic rings. The van der Waals surface area contributed by atoms with E-state index in [0.29, 0.717) is 17.0 Å². The van der Waals surface area contributed by atoms with Gasteiger partial charge in [-0.1, -0.05) is 62.8 Å². The summed E-state index contributed by atoms with van der Waals surface area (Å²) >= 11 is 6.01. The van der Waals surface area contributed by atoms with Crippen LogP contribution in [0.25, 0.3) is 0 Å². The molecule has 0 unspecified atom stereocenters. The van der Waals surface area contributed by atoms with E-state index >= 15 is 4.39 Å². The Labute approximate surface area is 246 Å². The molecule has 0 bridgehead atoms. The molecule has 0 radical (unpaired) electrons. The fourth-order valence-corrected chi connectivity index (χ4v) is 6.33. The van der Waals surface area contributed by atoms with Gasteiger partial charge in [-0.05, 0) is 57.0 Å². The van der Waals surface area contributed by atoms with E-state index in [0.717, 1.165) is 49.1 Å². The molecule has 1 atom stereocenters. The van der Waals surface area contributed by atoms with Crippen molar-refractivity contribution in [3.63, 3.8) is 0 Å². The largest absolute Gasteiger partial charge is 0.444 e. The normalized spacial score (nSPS) is 16.6. The van der Waals surface area contributed by atoms with Crippen LogP contribution in [0.1, 0.15) is 88.6 Å². The first-order chi connectivity index (χ1) is 19.2. The maximum Gasteiger partial charge on any atom is 0.408 e. The third kappa shape index (κ3) is 9.00. The molecule has 11 heteroatoms. The lowest BCUT2D eigenvalue weighted by atomic mass is 10.0. The van der Waals surface area contributed by atoms with E-state index in [1.807, 2.05) is 0 Å². The zero-order valence-electron chi connectivity index (χ0n) is 24.0. The van der Waals surface area contributed by atoms with Crippen molar-refractivity contribution in [3.05, 3.63) is 58.4 Å². The lowest BCUT2D eigenvalue weighted by Crippen LogP contribution is -2.51. The number of fused-ring (bicyclic) bond motifs is 1. The van der Waals surface area contributed by atoms with Crippen molar-refractivity contribution in [2.45, 2.75) is 95.7 Å². The Balaban J connectivity index is 2.00. The van der Waals surface area contributed by atoms with Gasteiger partial charge in [-0.15, -0.1) is 0 Å². The Morgan fingerprint density at radius 1 is 1.07 bits per heavy atom. The average Bonchev–Trinajstić information content (AvgIpc) is 2.94. The maximum atomic E-state index is 15.3. The van der Waals surface area contributed by atoms with Crippen molar-refractivity contribution in [3.8, 4) is 0 Å². The van der Waals surface area contributed by atoms with Crippen LogP contribution in [0.2, 0.25) is 5.02 Å². The van der Waals surface area contributed by atoms with E-state index in [-0.39, 0.29) is 24.2 Å². The van der Waals surface area contributed by atoms with E-state index in [2.05, 4.69) is 12.2 Å². The van der Waals surface area contributed by atoms with Crippen molar-refractivity contribution in [1.82, 2.24) is 5.32 Å². The summed E-state index contributed by atoms with van der Waals surface area (Å²) in [5, 5.41) is 2.83.